The number of hydrogen-bond acceptors (Lipinski definition) is 3. The summed E-state index contributed by atoms with van der Waals surface area (Å²) in [6.07, 6.45) is 1.99. The molecule has 52 valence electrons. The maximum Gasteiger partial charge on any atom is 0.148 e. The molecule has 1 rings (SSSR count). The fraction of sp³-hybridized carbons (Fsp3) is 0.833. The molecular formula is C6H10O3. The number of hydrogen-bond donors (Lipinski definition) is 1. The van der Waals surface area contributed by atoms with E-state index in [1.54, 1.807) is 0 Å². The Bertz CT molecular complexity index is 102. The molecule has 1 N–H and O–H groups in total. The topological polar surface area (TPSA) is 46.5 Å². The van der Waals surface area contributed by atoms with Crippen LogP contribution in [0.4, 0.5) is 0 Å². The van der Waals surface area contributed by atoms with E-state index in [9.17, 15) is 4.79 Å². The second kappa shape index (κ2) is 2.94. The van der Waals surface area contributed by atoms with Gasteiger partial charge in [0.1, 0.15) is 12.4 Å². The van der Waals surface area contributed by atoms with Crippen molar-refractivity contribution in [2.75, 3.05) is 6.61 Å². The third kappa shape index (κ3) is 1.50. The van der Waals surface area contributed by atoms with Crippen LogP contribution in [-0.2, 0) is 9.53 Å². The normalized spacial score (nSPS) is 34.8. The van der Waals surface area contributed by atoms with Gasteiger partial charge in [-0.3, -0.25) is 0 Å². The first-order valence-electron chi connectivity index (χ1n) is 3.08. The first-order chi connectivity index (χ1) is 4.36. The molecule has 0 aromatic carbocycles. The quantitative estimate of drug-likeness (QED) is 0.523. The average molecular weight is 130 g/mol. The van der Waals surface area contributed by atoms with Crippen LogP contribution in [0, 0.1) is 0 Å². The molecule has 0 amide bonds. The molecule has 0 aromatic rings. The number of aliphatic hydroxyl groups excluding tert-OH is 1. The molecule has 3 heteroatoms. The summed E-state index contributed by atoms with van der Waals surface area (Å²) < 4.78 is 5.04. The van der Waals surface area contributed by atoms with E-state index in [0.717, 1.165) is 19.1 Å². The highest BCUT2D eigenvalue weighted by atomic mass is 16.5. The molecule has 0 spiro atoms. The first kappa shape index (κ1) is 6.71. The molecule has 1 aliphatic rings. The summed E-state index contributed by atoms with van der Waals surface area (Å²) in [6.45, 7) is 0.0321. The zero-order valence-corrected chi connectivity index (χ0v) is 5.12. The summed E-state index contributed by atoms with van der Waals surface area (Å²) in [5, 5.41) is 8.54. The number of rotatable bonds is 2. The van der Waals surface area contributed by atoms with Gasteiger partial charge in [0.25, 0.3) is 0 Å². The maximum atomic E-state index is 10.1. The monoisotopic (exact) mass is 130 g/mol. The van der Waals surface area contributed by atoms with E-state index >= 15 is 0 Å². The van der Waals surface area contributed by atoms with Crippen LogP contribution >= 0.6 is 0 Å². The van der Waals surface area contributed by atoms with Crippen molar-refractivity contribution in [1.29, 1.82) is 0 Å². The molecule has 9 heavy (non-hydrogen) atoms. The molecule has 1 heterocycles. The standard InChI is InChI=1S/C6H10O3/c7-3-5-1-2-6(4-8)9-5/h3,5-6,8H,1-2,4H2/t5-,6+/m1/s1. The van der Waals surface area contributed by atoms with Crippen LogP contribution in [0.5, 0.6) is 0 Å². The van der Waals surface area contributed by atoms with Gasteiger partial charge in [0, 0.05) is 0 Å². The van der Waals surface area contributed by atoms with Gasteiger partial charge in [-0.25, -0.2) is 0 Å². The number of aldehydes is 1. The van der Waals surface area contributed by atoms with E-state index in [-0.39, 0.29) is 18.8 Å². The van der Waals surface area contributed by atoms with E-state index in [0.29, 0.717) is 0 Å². The highest BCUT2D eigenvalue weighted by Gasteiger charge is 2.23. The molecule has 2 atom stereocenters. The van der Waals surface area contributed by atoms with Crippen molar-refractivity contribution in [2.24, 2.45) is 0 Å². The molecule has 1 fully saturated rings. The van der Waals surface area contributed by atoms with Gasteiger partial charge in [0.15, 0.2) is 0 Å². The van der Waals surface area contributed by atoms with Gasteiger partial charge in [-0.05, 0) is 12.8 Å². The second-order valence-corrected chi connectivity index (χ2v) is 2.19. The van der Waals surface area contributed by atoms with E-state index in [1.165, 1.54) is 0 Å². The van der Waals surface area contributed by atoms with Crippen molar-refractivity contribution >= 4 is 6.29 Å². The molecule has 0 aromatic heterocycles. The predicted octanol–water partition coefficient (Wildman–Crippen LogP) is -0.275. The van der Waals surface area contributed by atoms with Crippen molar-refractivity contribution < 1.29 is 14.6 Å². The van der Waals surface area contributed by atoms with Gasteiger partial charge in [-0.2, -0.15) is 0 Å². The largest absolute Gasteiger partial charge is 0.394 e. The molecule has 1 saturated heterocycles. The number of carbonyl (C=O) groups excluding carboxylic acids is 1. The van der Waals surface area contributed by atoms with Crippen LogP contribution in [0.15, 0.2) is 0 Å². The van der Waals surface area contributed by atoms with Crippen LogP contribution in [0.3, 0.4) is 0 Å². The Morgan fingerprint density at radius 1 is 1.67 bits per heavy atom. The minimum Gasteiger partial charge on any atom is -0.394 e. The predicted molar refractivity (Wildman–Crippen MR) is 31.0 cm³/mol. The molecule has 0 radical (unpaired) electrons. The van der Waals surface area contributed by atoms with Gasteiger partial charge in [-0.15, -0.1) is 0 Å². The van der Waals surface area contributed by atoms with E-state index in [2.05, 4.69) is 0 Å². The summed E-state index contributed by atoms with van der Waals surface area (Å²) in [7, 11) is 0. The maximum absolute atomic E-state index is 10.1. The second-order valence-electron chi connectivity index (χ2n) is 2.19. The number of aliphatic hydroxyl groups is 1. The zero-order chi connectivity index (χ0) is 6.69. The molecular weight excluding hydrogens is 120 g/mol. The molecule has 0 unspecified atom stereocenters. The van der Waals surface area contributed by atoms with Crippen LogP contribution in [0.1, 0.15) is 12.8 Å². The molecule has 0 bridgehead atoms. The van der Waals surface area contributed by atoms with Crippen LogP contribution in [0.2, 0.25) is 0 Å². The Labute approximate surface area is 53.6 Å². The van der Waals surface area contributed by atoms with Gasteiger partial charge in [0.05, 0.1) is 12.7 Å². The Morgan fingerprint density at radius 2 is 2.44 bits per heavy atom. The molecule has 0 aliphatic carbocycles. The van der Waals surface area contributed by atoms with E-state index in [4.69, 9.17) is 9.84 Å². The SMILES string of the molecule is O=C[C@H]1CC[C@@H](CO)O1. The fourth-order valence-corrected chi connectivity index (χ4v) is 0.968. The minimum atomic E-state index is -0.262. The van der Waals surface area contributed by atoms with Crippen LogP contribution in [0.25, 0.3) is 0 Å². The van der Waals surface area contributed by atoms with Gasteiger partial charge < -0.3 is 14.6 Å². The number of carbonyl (C=O) groups is 1. The summed E-state index contributed by atoms with van der Waals surface area (Å²) in [4.78, 5) is 10.1. The first-order valence-corrected chi connectivity index (χ1v) is 3.08. The highest BCUT2D eigenvalue weighted by molar-refractivity contribution is 5.56. The lowest BCUT2D eigenvalue weighted by atomic mass is 10.2. The Kier molecular flexibility index (Phi) is 2.19. The lowest BCUT2D eigenvalue weighted by Gasteiger charge is -2.04. The zero-order valence-electron chi connectivity index (χ0n) is 5.12. The minimum absolute atomic E-state index is 0.0321. The highest BCUT2D eigenvalue weighted by Crippen LogP contribution is 2.16. The van der Waals surface area contributed by atoms with E-state index < -0.39 is 0 Å². The molecule has 0 saturated carbocycles. The van der Waals surface area contributed by atoms with Crippen molar-refractivity contribution in [3.05, 3.63) is 0 Å². The van der Waals surface area contributed by atoms with Crippen molar-refractivity contribution in [3.8, 4) is 0 Å². The molecule has 1 aliphatic heterocycles. The summed E-state index contributed by atoms with van der Waals surface area (Å²) in [5.74, 6) is 0. The lowest BCUT2D eigenvalue weighted by Crippen LogP contribution is -2.14. The Morgan fingerprint density at radius 3 is 2.78 bits per heavy atom. The van der Waals surface area contributed by atoms with E-state index in [1.807, 2.05) is 0 Å². The van der Waals surface area contributed by atoms with Crippen molar-refractivity contribution in [3.63, 3.8) is 0 Å². The van der Waals surface area contributed by atoms with Gasteiger partial charge in [-0.1, -0.05) is 0 Å². The van der Waals surface area contributed by atoms with Crippen molar-refractivity contribution in [2.45, 2.75) is 25.0 Å². The molecule has 3 nitrogen and oxygen atoms in total. The fourth-order valence-electron chi connectivity index (χ4n) is 0.968. The van der Waals surface area contributed by atoms with Crippen molar-refractivity contribution in [1.82, 2.24) is 0 Å². The number of ether oxygens (including phenoxy) is 1. The Hall–Kier alpha value is -0.410. The smallest absolute Gasteiger partial charge is 0.148 e. The summed E-state index contributed by atoms with van der Waals surface area (Å²) in [5.41, 5.74) is 0. The van der Waals surface area contributed by atoms with Gasteiger partial charge in [0.2, 0.25) is 0 Å². The lowest BCUT2D eigenvalue weighted by molar-refractivity contribution is -0.118. The van der Waals surface area contributed by atoms with Crippen LogP contribution in [-0.4, -0.2) is 30.2 Å². The summed E-state index contributed by atoms with van der Waals surface area (Å²) >= 11 is 0. The third-order valence-corrected chi connectivity index (χ3v) is 1.50. The van der Waals surface area contributed by atoms with Gasteiger partial charge >= 0.3 is 0 Å². The third-order valence-electron chi connectivity index (χ3n) is 1.50. The average Bonchev–Trinajstić information content (AvgIpc) is 2.34. The summed E-state index contributed by atoms with van der Waals surface area (Å²) in [6, 6.07) is 0. The van der Waals surface area contributed by atoms with Crippen LogP contribution < -0.4 is 0 Å². The Balaban J connectivity index is 2.28.